The molecule has 1 aromatic carbocycles. The maximum absolute atomic E-state index is 13.1. The first kappa shape index (κ1) is 23.5. The standard InChI is InChI=1S/C24H33N5O3/c1-8-17(4)29(23(30)32-24(5,6)7)22-26-20-19(25-15-28(20)16(2)3)21(27-22)31-14-18-12-10-9-11-13-18/h9-13,15-17H,8,14H2,1-7H3. The first-order chi connectivity index (χ1) is 15.1. The Hall–Kier alpha value is -3.16. The number of benzene rings is 1. The second-order valence-electron chi connectivity index (χ2n) is 9.13. The predicted octanol–water partition coefficient (Wildman–Crippen LogP) is 5.53. The number of nitrogens with zero attached hydrogens (tertiary/aromatic N) is 5. The molecule has 0 saturated carbocycles. The fraction of sp³-hybridized carbons (Fsp3) is 0.500. The van der Waals surface area contributed by atoms with Gasteiger partial charge in [0.15, 0.2) is 11.2 Å². The van der Waals surface area contributed by atoms with Crippen molar-refractivity contribution in [1.29, 1.82) is 0 Å². The van der Waals surface area contributed by atoms with Gasteiger partial charge in [-0.05, 0) is 53.5 Å². The molecule has 1 unspecified atom stereocenters. The molecule has 0 fully saturated rings. The highest BCUT2D eigenvalue weighted by molar-refractivity contribution is 5.88. The molecule has 0 spiro atoms. The smallest absolute Gasteiger partial charge is 0.417 e. The van der Waals surface area contributed by atoms with Gasteiger partial charge in [-0.1, -0.05) is 37.3 Å². The monoisotopic (exact) mass is 439 g/mol. The van der Waals surface area contributed by atoms with Crippen LogP contribution < -0.4 is 9.64 Å². The van der Waals surface area contributed by atoms with Crippen LogP contribution in [0.2, 0.25) is 0 Å². The molecule has 0 saturated heterocycles. The van der Waals surface area contributed by atoms with Crippen LogP contribution in [0.1, 0.15) is 66.5 Å². The number of hydrogen-bond donors (Lipinski definition) is 0. The fourth-order valence-electron chi connectivity index (χ4n) is 3.14. The van der Waals surface area contributed by atoms with Crippen LogP contribution in [-0.4, -0.2) is 37.3 Å². The van der Waals surface area contributed by atoms with E-state index in [2.05, 4.69) is 9.97 Å². The minimum atomic E-state index is -0.640. The number of carbonyl (C=O) groups excluding carboxylic acids is 1. The lowest BCUT2D eigenvalue weighted by molar-refractivity contribution is 0.0564. The molecule has 2 aromatic heterocycles. The first-order valence-electron chi connectivity index (χ1n) is 11.0. The zero-order valence-corrected chi connectivity index (χ0v) is 20.0. The van der Waals surface area contributed by atoms with Gasteiger partial charge in [0.25, 0.3) is 0 Å². The number of fused-ring (bicyclic) bond motifs is 1. The molecule has 1 amide bonds. The van der Waals surface area contributed by atoms with Crippen LogP contribution in [0.15, 0.2) is 36.7 Å². The molecule has 0 aliphatic heterocycles. The Labute approximate surface area is 189 Å². The summed E-state index contributed by atoms with van der Waals surface area (Å²) in [5.74, 6) is 0.580. The van der Waals surface area contributed by atoms with Crippen LogP contribution in [-0.2, 0) is 11.3 Å². The van der Waals surface area contributed by atoms with Gasteiger partial charge in [0, 0.05) is 12.1 Å². The first-order valence-corrected chi connectivity index (χ1v) is 11.0. The fourth-order valence-corrected chi connectivity index (χ4v) is 3.14. The Morgan fingerprint density at radius 1 is 1.12 bits per heavy atom. The molecule has 8 heteroatoms. The SMILES string of the molecule is CCC(C)N(C(=O)OC(C)(C)C)c1nc(OCc2ccccc2)c2ncn(C(C)C)c2n1. The third-order valence-corrected chi connectivity index (χ3v) is 4.99. The summed E-state index contributed by atoms with van der Waals surface area (Å²) in [6.07, 6.45) is 1.95. The average Bonchev–Trinajstić information content (AvgIpc) is 3.16. The zero-order valence-electron chi connectivity index (χ0n) is 20.0. The molecule has 0 N–H and O–H groups in total. The van der Waals surface area contributed by atoms with Crippen LogP contribution >= 0.6 is 0 Å². The van der Waals surface area contributed by atoms with Crippen LogP contribution in [0.3, 0.4) is 0 Å². The van der Waals surface area contributed by atoms with Gasteiger partial charge in [-0.25, -0.2) is 14.7 Å². The second-order valence-corrected chi connectivity index (χ2v) is 9.13. The van der Waals surface area contributed by atoms with Crippen LogP contribution in [0.5, 0.6) is 5.88 Å². The molecule has 0 aliphatic rings. The van der Waals surface area contributed by atoms with Crippen molar-refractivity contribution in [2.45, 2.75) is 79.2 Å². The number of amides is 1. The largest absolute Gasteiger partial charge is 0.471 e. The van der Waals surface area contributed by atoms with Gasteiger partial charge in [-0.2, -0.15) is 9.97 Å². The summed E-state index contributed by atoms with van der Waals surface area (Å²) in [4.78, 5) is 28.5. The van der Waals surface area contributed by atoms with Crippen molar-refractivity contribution >= 4 is 23.2 Å². The highest BCUT2D eigenvalue weighted by Gasteiger charge is 2.30. The molecule has 3 aromatic rings. The second kappa shape index (κ2) is 9.54. The Bertz CT molecular complexity index is 1060. The van der Waals surface area contributed by atoms with Gasteiger partial charge in [0.2, 0.25) is 11.8 Å². The Balaban J connectivity index is 2.09. The normalized spacial score (nSPS) is 12.8. The van der Waals surface area contributed by atoms with Crippen LogP contribution in [0, 0.1) is 0 Å². The van der Waals surface area contributed by atoms with E-state index in [0.29, 0.717) is 30.1 Å². The quantitative estimate of drug-likeness (QED) is 0.482. The molecular weight excluding hydrogens is 406 g/mol. The molecule has 2 heterocycles. The van der Waals surface area contributed by atoms with E-state index in [4.69, 9.17) is 14.5 Å². The Kier molecular flexibility index (Phi) is 7.01. The minimum Gasteiger partial charge on any atom is -0.471 e. The third kappa shape index (κ3) is 5.36. The highest BCUT2D eigenvalue weighted by Crippen LogP contribution is 2.29. The maximum atomic E-state index is 13.1. The van der Waals surface area contributed by atoms with E-state index in [0.717, 1.165) is 5.56 Å². The van der Waals surface area contributed by atoms with Gasteiger partial charge in [-0.15, -0.1) is 0 Å². The highest BCUT2D eigenvalue weighted by atomic mass is 16.6. The molecule has 172 valence electrons. The topological polar surface area (TPSA) is 82.4 Å². The summed E-state index contributed by atoms with van der Waals surface area (Å²) in [6.45, 7) is 13.9. The Morgan fingerprint density at radius 2 is 1.81 bits per heavy atom. The molecule has 8 nitrogen and oxygen atoms in total. The maximum Gasteiger partial charge on any atom is 0.417 e. The van der Waals surface area contributed by atoms with Gasteiger partial charge < -0.3 is 14.0 Å². The van der Waals surface area contributed by atoms with Crippen LogP contribution in [0.25, 0.3) is 11.2 Å². The van der Waals surface area contributed by atoms with Crippen molar-refractivity contribution in [3.05, 3.63) is 42.2 Å². The number of rotatable bonds is 7. The van der Waals surface area contributed by atoms with Gasteiger partial charge in [0.05, 0.1) is 6.33 Å². The van der Waals surface area contributed by atoms with E-state index >= 15 is 0 Å². The lowest BCUT2D eigenvalue weighted by atomic mass is 10.2. The van der Waals surface area contributed by atoms with Crippen molar-refractivity contribution in [2.24, 2.45) is 0 Å². The molecule has 0 radical (unpaired) electrons. The van der Waals surface area contributed by atoms with E-state index in [9.17, 15) is 4.79 Å². The third-order valence-electron chi connectivity index (χ3n) is 4.99. The van der Waals surface area contributed by atoms with Crippen molar-refractivity contribution in [3.63, 3.8) is 0 Å². The molecule has 3 rings (SSSR count). The molecule has 0 bridgehead atoms. The summed E-state index contributed by atoms with van der Waals surface area (Å²) in [7, 11) is 0. The number of anilines is 1. The van der Waals surface area contributed by atoms with Crippen molar-refractivity contribution < 1.29 is 14.3 Å². The summed E-state index contributed by atoms with van der Waals surface area (Å²) in [5.41, 5.74) is 1.55. The van der Waals surface area contributed by atoms with E-state index in [1.807, 2.05) is 83.4 Å². The van der Waals surface area contributed by atoms with Crippen LogP contribution in [0.4, 0.5) is 10.7 Å². The van der Waals surface area contributed by atoms with Gasteiger partial charge >= 0.3 is 6.09 Å². The number of ether oxygens (including phenoxy) is 2. The lowest BCUT2D eigenvalue weighted by Gasteiger charge is -2.30. The molecule has 32 heavy (non-hydrogen) atoms. The van der Waals surface area contributed by atoms with E-state index in [1.54, 1.807) is 6.33 Å². The van der Waals surface area contributed by atoms with Crippen molar-refractivity contribution in [2.75, 3.05) is 4.90 Å². The molecule has 1 atom stereocenters. The van der Waals surface area contributed by atoms with Gasteiger partial charge in [0.1, 0.15) is 12.2 Å². The van der Waals surface area contributed by atoms with Crippen molar-refractivity contribution in [3.8, 4) is 5.88 Å². The zero-order chi connectivity index (χ0) is 23.5. The molecule has 0 aliphatic carbocycles. The predicted molar refractivity (Wildman–Crippen MR) is 125 cm³/mol. The minimum absolute atomic E-state index is 0.128. The summed E-state index contributed by atoms with van der Waals surface area (Å²) >= 11 is 0. The number of imidazole rings is 1. The lowest BCUT2D eigenvalue weighted by Crippen LogP contribution is -2.43. The van der Waals surface area contributed by atoms with E-state index in [-0.39, 0.29) is 18.0 Å². The number of carbonyl (C=O) groups is 1. The van der Waals surface area contributed by atoms with Crippen molar-refractivity contribution in [1.82, 2.24) is 19.5 Å². The number of hydrogen-bond acceptors (Lipinski definition) is 6. The molecular formula is C24H33N5O3. The summed E-state index contributed by atoms with van der Waals surface area (Å²) in [6, 6.07) is 9.81. The average molecular weight is 440 g/mol. The summed E-state index contributed by atoms with van der Waals surface area (Å²) < 4.78 is 13.7. The van der Waals surface area contributed by atoms with E-state index in [1.165, 1.54) is 4.90 Å². The summed E-state index contributed by atoms with van der Waals surface area (Å²) in [5, 5.41) is 0. The number of aromatic nitrogens is 4. The van der Waals surface area contributed by atoms with Gasteiger partial charge in [-0.3, -0.25) is 0 Å². The van der Waals surface area contributed by atoms with E-state index < -0.39 is 11.7 Å². The Morgan fingerprint density at radius 3 is 2.41 bits per heavy atom.